The van der Waals surface area contributed by atoms with Crippen molar-refractivity contribution in [2.75, 3.05) is 0 Å². The van der Waals surface area contributed by atoms with E-state index in [2.05, 4.69) is 4.57 Å². The number of aliphatic hydroxyl groups is 2. The Morgan fingerprint density at radius 2 is 1.46 bits per heavy atom. The molecule has 1 heterocycles. The van der Waals surface area contributed by atoms with Gasteiger partial charge in [-0.2, -0.15) is 0 Å². The highest BCUT2D eigenvalue weighted by Gasteiger charge is 2.52. The van der Waals surface area contributed by atoms with Crippen molar-refractivity contribution in [3.05, 3.63) is 69.8 Å². The molecular formula is C32H37Cl2NO4. The van der Waals surface area contributed by atoms with Crippen molar-refractivity contribution in [3.63, 3.8) is 0 Å². The first kappa shape index (κ1) is 28.4. The lowest BCUT2D eigenvalue weighted by Crippen LogP contribution is -2.51. The molecular weight excluding hydrogens is 533 g/mol. The van der Waals surface area contributed by atoms with Crippen LogP contribution in [0.25, 0.3) is 10.9 Å². The van der Waals surface area contributed by atoms with Crippen molar-refractivity contribution in [2.45, 2.75) is 78.0 Å². The molecule has 2 aromatic carbocycles. The number of para-hydroxylation sites is 1. The van der Waals surface area contributed by atoms with Crippen LogP contribution in [0.5, 0.6) is 0 Å². The van der Waals surface area contributed by atoms with Crippen LogP contribution in [-0.4, -0.2) is 38.6 Å². The maximum Gasteiger partial charge on any atom is 0.139 e. The number of aliphatic hydroxyl groups excluding tert-OH is 2. The smallest absolute Gasteiger partial charge is 0.139 e. The van der Waals surface area contributed by atoms with E-state index in [0.29, 0.717) is 42.3 Å². The second kappa shape index (κ2) is 10.3. The molecule has 5 nitrogen and oxygen atoms in total. The number of hydrogen-bond acceptors (Lipinski definition) is 4. The molecule has 0 amide bonds. The molecule has 0 bridgehead atoms. The molecule has 2 saturated carbocycles. The molecule has 0 aliphatic heterocycles. The summed E-state index contributed by atoms with van der Waals surface area (Å²) in [6, 6.07) is 13.3. The number of nitrogens with zero attached hydrogens (tertiary/aromatic N) is 1. The number of aromatic nitrogens is 1. The van der Waals surface area contributed by atoms with Gasteiger partial charge in [0.15, 0.2) is 0 Å². The zero-order valence-electron chi connectivity index (χ0n) is 23.0. The van der Waals surface area contributed by atoms with Gasteiger partial charge in [0.1, 0.15) is 11.6 Å². The quantitative estimate of drug-likeness (QED) is 0.353. The standard InChI is InChI=1S/C32H37Cl2NO4/c1-31(2)12-24(36)29(25(37)13-31)28(30-26(38)14-32(3,4)15-27(30)39)21-17-35(23-8-6-5-7-20(21)23)16-18-9-10-19(33)11-22(18)34/h5-11,17,24,26,28-30,36,38H,12-16H2,1-4H3/t24-,26-,28?,29-,30+/m1/s1. The molecule has 3 aromatic rings. The van der Waals surface area contributed by atoms with Gasteiger partial charge in [0.2, 0.25) is 0 Å². The first-order valence-electron chi connectivity index (χ1n) is 13.7. The summed E-state index contributed by atoms with van der Waals surface area (Å²) in [7, 11) is 0. The lowest BCUT2D eigenvalue weighted by Gasteiger charge is -2.46. The van der Waals surface area contributed by atoms with E-state index in [0.717, 1.165) is 22.0 Å². The summed E-state index contributed by atoms with van der Waals surface area (Å²) in [6.07, 6.45) is 1.74. The lowest BCUT2D eigenvalue weighted by molar-refractivity contribution is -0.144. The number of fused-ring (bicyclic) bond motifs is 1. The van der Waals surface area contributed by atoms with Gasteiger partial charge in [0.05, 0.1) is 24.0 Å². The number of carbonyl (C=O) groups is 2. The predicted molar refractivity (Wildman–Crippen MR) is 155 cm³/mol. The van der Waals surface area contributed by atoms with E-state index in [1.807, 2.05) is 64.2 Å². The van der Waals surface area contributed by atoms with Crippen LogP contribution in [0.1, 0.15) is 70.4 Å². The highest BCUT2D eigenvalue weighted by molar-refractivity contribution is 6.35. The van der Waals surface area contributed by atoms with Crippen molar-refractivity contribution in [3.8, 4) is 0 Å². The summed E-state index contributed by atoms with van der Waals surface area (Å²) in [4.78, 5) is 27.5. The second-order valence-corrected chi connectivity index (χ2v) is 14.0. The monoisotopic (exact) mass is 569 g/mol. The maximum atomic E-state index is 13.7. The Bertz CT molecular complexity index is 1380. The molecule has 2 aliphatic carbocycles. The molecule has 1 aromatic heterocycles. The maximum absolute atomic E-state index is 13.7. The number of hydrogen-bond donors (Lipinski definition) is 2. The zero-order valence-corrected chi connectivity index (χ0v) is 24.5. The molecule has 5 atom stereocenters. The fourth-order valence-electron chi connectivity index (χ4n) is 7.13. The summed E-state index contributed by atoms with van der Waals surface area (Å²) >= 11 is 12.6. The first-order chi connectivity index (χ1) is 18.3. The van der Waals surface area contributed by atoms with Crippen LogP contribution in [0, 0.1) is 22.7 Å². The van der Waals surface area contributed by atoms with Gasteiger partial charge in [-0.25, -0.2) is 0 Å². The molecule has 2 aliphatic rings. The van der Waals surface area contributed by atoms with E-state index in [4.69, 9.17) is 23.2 Å². The van der Waals surface area contributed by atoms with E-state index in [9.17, 15) is 19.8 Å². The van der Waals surface area contributed by atoms with Crippen LogP contribution in [-0.2, 0) is 16.1 Å². The van der Waals surface area contributed by atoms with Gasteiger partial charge in [-0.15, -0.1) is 0 Å². The molecule has 0 radical (unpaired) electrons. The van der Waals surface area contributed by atoms with E-state index in [1.54, 1.807) is 12.1 Å². The number of carbonyl (C=O) groups excluding carboxylic acids is 2. The Morgan fingerprint density at radius 1 is 0.897 bits per heavy atom. The van der Waals surface area contributed by atoms with Gasteiger partial charge in [-0.05, 0) is 53.0 Å². The number of rotatable bonds is 5. The minimum atomic E-state index is -0.908. The van der Waals surface area contributed by atoms with Crippen LogP contribution in [0.15, 0.2) is 48.7 Å². The van der Waals surface area contributed by atoms with Gasteiger partial charge in [0, 0.05) is 52.4 Å². The van der Waals surface area contributed by atoms with Gasteiger partial charge >= 0.3 is 0 Å². The van der Waals surface area contributed by atoms with Crippen LogP contribution >= 0.6 is 23.2 Å². The van der Waals surface area contributed by atoms with Gasteiger partial charge in [-0.3, -0.25) is 9.59 Å². The van der Waals surface area contributed by atoms with Gasteiger partial charge in [-0.1, -0.05) is 75.2 Å². The number of Topliss-reactive ketones (excluding diaryl/α,β-unsaturated/α-hetero) is 2. The molecule has 208 valence electrons. The highest BCUT2D eigenvalue weighted by Crippen LogP contribution is 2.51. The zero-order chi connectivity index (χ0) is 28.3. The van der Waals surface area contributed by atoms with E-state index < -0.39 is 30.0 Å². The molecule has 7 heteroatoms. The summed E-state index contributed by atoms with van der Waals surface area (Å²) in [5.74, 6) is -2.30. The summed E-state index contributed by atoms with van der Waals surface area (Å²) in [5.41, 5.74) is 1.97. The molecule has 0 spiro atoms. The number of benzene rings is 2. The molecule has 2 N–H and O–H groups in total. The van der Waals surface area contributed by atoms with Gasteiger partial charge < -0.3 is 14.8 Å². The van der Waals surface area contributed by atoms with Crippen molar-refractivity contribution < 1.29 is 19.8 Å². The SMILES string of the molecule is CC1(C)CC(=O)[C@H](C(c2cn(Cc3ccc(Cl)cc3Cl)c3ccccc23)[C@@H]2C(=O)CC(C)(C)C[C@H]2O)[C@H](O)C1. The third-order valence-electron chi connectivity index (χ3n) is 8.71. The Labute approximate surface area is 240 Å². The minimum Gasteiger partial charge on any atom is -0.392 e. The van der Waals surface area contributed by atoms with E-state index in [-0.39, 0.29) is 22.4 Å². The summed E-state index contributed by atoms with van der Waals surface area (Å²) < 4.78 is 2.07. The fourth-order valence-corrected chi connectivity index (χ4v) is 7.60. The minimum absolute atomic E-state index is 0.0499. The molecule has 5 rings (SSSR count). The van der Waals surface area contributed by atoms with Crippen LogP contribution in [0.2, 0.25) is 10.0 Å². The van der Waals surface area contributed by atoms with Crippen LogP contribution in [0.3, 0.4) is 0 Å². The van der Waals surface area contributed by atoms with E-state index in [1.165, 1.54) is 0 Å². The average molecular weight is 571 g/mol. The third kappa shape index (κ3) is 5.56. The summed E-state index contributed by atoms with van der Waals surface area (Å²) in [5, 5.41) is 24.9. The third-order valence-corrected chi connectivity index (χ3v) is 9.30. The van der Waals surface area contributed by atoms with Crippen molar-refractivity contribution >= 4 is 45.7 Å². The average Bonchev–Trinajstić information content (AvgIpc) is 3.15. The fraction of sp³-hybridized carbons (Fsp3) is 0.500. The van der Waals surface area contributed by atoms with Crippen molar-refractivity contribution in [1.82, 2.24) is 4.57 Å². The van der Waals surface area contributed by atoms with Crippen LogP contribution < -0.4 is 0 Å². The Balaban J connectivity index is 1.67. The van der Waals surface area contributed by atoms with Crippen molar-refractivity contribution in [1.29, 1.82) is 0 Å². The Kier molecular flexibility index (Phi) is 7.51. The first-order valence-corrected chi connectivity index (χ1v) is 14.5. The molecule has 0 saturated heterocycles. The molecule has 39 heavy (non-hydrogen) atoms. The second-order valence-electron chi connectivity index (χ2n) is 13.2. The van der Waals surface area contributed by atoms with E-state index >= 15 is 0 Å². The molecule has 1 unspecified atom stereocenters. The predicted octanol–water partition coefficient (Wildman–Crippen LogP) is 6.81. The molecule has 2 fully saturated rings. The lowest BCUT2D eigenvalue weighted by atomic mass is 9.58. The Hall–Kier alpha value is -2.18. The highest BCUT2D eigenvalue weighted by atomic mass is 35.5. The largest absolute Gasteiger partial charge is 0.392 e. The normalized spacial score (nSPS) is 27.6. The number of ketones is 2. The number of halogens is 2. The van der Waals surface area contributed by atoms with Crippen molar-refractivity contribution in [2.24, 2.45) is 22.7 Å². The van der Waals surface area contributed by atoms with Crippen LogP contribution in [0.4, 0.5) is 0 Å². The Morgan fingerprint density at radius 3 is 2.00 bits per heavy atom. The topological polar surface area (TPSA) is 79.5 Å². The summed E-state index contributed by atoms with van der Waals surface area (Å²) in [6.45, 7) is 8.43. The van der Waals surface area contributed by atoms with Gasteiger partial charge in [0.25, 0.3) is 0 Å².